The summed E-state index contributed by atoms with van der Waals surface area (Å²) < 4.78 is 25.4. The summed E-state index contributed by atoms with van der Waals surface area (Å²) in [5, 5.41) is 2.66. The van der Waals surface area contributed by atoms with Crippen molar-refractivity contribution in [2.75, 3.05) is 7.05 Å². The molecule has 66 valence electrons. The summed E-state index contributed by atoms with van der Waals surface area (Å²) in [5.74, 6) is -2.02. The van der Waals surface area contributed by atoms with Crippen molar-refractivity contribution in [3.05, 3.63) is 0 Å². The Morgan fingerprint density at radius 2 is 2.09 bits per heavy atom. The Kier molecular flexibility index (Phi) is 2.47. The van der Waals surface area contributed by atoms with Gasteiger partial charge in [-0.25, -0.2) is 8.78 Å². The van der Waals surface area contributed by atoms with Gasteiger partial charge in [0.05, 0.1) is 6.04 Å². The van der Waals surface area contributed by atoms with E-state index >= 15 is 0 Å². The second-order valence-electron chi connectivity index (χ2n) is 3.48. The predicted molar refractivity (Wildman–Crippen MR) is 40.8 cm³/mol. The van der Waals surface area contributed by atoms with E-state index in [9.17, 15) is 8.78 Å². The SMILES string of the molecule is CNC(CC1CC1)C(C)(F)F. The zero-order valence-electron chi connectivity index (χ0n) is 7.03. The fourth-order valence-electron chi connectivity index (χ4n) is 1.27. The van der Waals surface area contributed by atoms with Crippen LogP contribution in [0.5, 0.6) is 0 Å². The maximum absolute atomic E-state index is 12.7. The van der Waals surface area contributed by atoms with Crippen LogP contribution >= 0.6 is 0 Å². The quantitative estimate of drug-likeness (QED) is 0.668. The van der Waals surface area contributed by atoms with E-state index in [1.54, 1.807) is 7.05 Å². The Morgan fingerprint density at radius 1 is 1.55 bits per heavy atom. The van der Waals surface area contributed by atoms with Crippen LogP contribution in [0.2, 0.25) is 0 Å². The summed E-state index contributed by atoms with van der Waals surface area (Å²) in [6.45, 7) is 0.983. The molecule has 1 N–H and O–H groups in total. The van der Waals surface area contributed by atoms with Gasteiger partial charge in [-0.3, -0.25) is 0 Å². The van der Waals surface area contributed by atoms with Gasteiger partial charge in [0.1, 0.15) is 0 Å². The van der Waals surface area contributed by atoms with Crippen molar-refractivity contribution < 1.29 is 8.78 Å². The van der Waals surface area contributed by atoms with Crippen LogP contribution < -0.4 is 5.32 Å². The molecule has 0 aliphatic heterocycles. The molecule has 1 rings (SSSR count). The first-order valence-corrected chi connectivity index (χ1v) is 4.09. The van der Waals surface area contributed by atoms with Crippen LogP contribution in [0.3, 0.4) is 0 Å². The molecule has 11 heavy (non-hydrogen) atoms. The Bertz CT molecular complexity index is 127. The number of nitrogens with one attached hydrogen (secondary N) is 1. The van der Waals surface area contributed by atoms with Crippen LogP contribution in [0, 0.1) is 5.92 Å². The molecule has 0 bridgehead atoms. The molecule has 0 radical (unpaired) electrons. The van der Waals surface area contributed by atoms with E-state index in [1.807, 2.05) is 0 Å². The smallest absolute Gasteiger partial charge is 0.260 e. The first-order chi connectivity index (χ1) is 5.04. The molecule has 1 saturated carbocycles. The van der Waals surface area contributed by atoms with Gasteiger partial charge in [-0.2, -0.15) is 0 Å². The summed E-state index contributed by atoms with van der Waals surface area (Å²) in [6.07, 6.45) is 2.89. The largest absolute Gasteiger partial charge is 0.312 e. The van der Waals surface area contributed by atoms with Crippen LogP contribution in [0.15, 0.2) is 0 Å². The van der Waals surface area contributed by atoms with Gasteiger partial charge >= 0.3 is 0 Å². The molecule has 0 spiro atoms. The van der Waals surface area contributed by atoms with Crippen molar-refractivity contribution in [3.8, 4) is 0 Å². The monoisotopic (exact) mass is 163 g/mol. The highest BCUT2D eigenvalue weighted by Gasteiger charge is 2.37. The minimum Gasteiger partial charge on any atom is -0.312 e. The lowest BCUT2D eigenvalue weighted by molar-refractivity contribution is -0.0202. The fourth-order valence-corrected chi connectivity index (χ4v) is 1.27. The molecule has 0 aromatic heterocycles. The third kappa shape index (κ3) is 2.73. The van der Waals surface area contributed by atoms with E-state index < -0.39 is 12.0 Å². The lowest BCUT2D eigenvalue weighted by Gasteiger charge is -2.22. The van der Waals surface area contributed by atoms with Gasteiger partial charge in [-0.1, -0.05) is 12.8 Å². The van der Waals surface area contributed by atoms with E-state index in [0.717, 1.165) is 19.8 Å². The van der Waals surface area contributed by atoms with Gasteiger partial charge in [-0.05, 0) is 19.4 Å². The summed E-state index contributed by atoms with van der Waals surface area (Å²) in [7, 11) is 1.60. The summed E-state index contributed by atoms with van der Waals surface area (Å²) >= 11 is 0. The predicted octanol–water partition coefficient (Wildman–Crippen LogP) is 2.03. The van der Waals surface area contributed by atoms with E-state index in [0.29, 0.717) is 12.3 Å². The number of hydrogen-bond donors (Lipinski definition) is 1. The van der Waals surface area contributed by atoms with Gasteiger partial charge in [0.15, 0.2) is 0 Å². The lowest BCUT2D eigenvalue weighted by atomic mass is 10.1. The van der Waals surface area contributed by atoms with E-state index in [2.05, 4.69) is 5.32 Å². The third-order valence-corrected chi connectivity index (χ3v) is 2.23. The molecule has 0 aromatic carbocycles. The Labute approximate surface area is 66.2 Å². The lowest BCUT2D eigenvalue weighted by Crippen LogP contribution is -2.41. The summed E-state index contributed by atoms with van der Waals surface area (Å²) in [6, 6.07) is -0.630. The van der Waals surface area contributed by atoms with Gasteiger partial charge in [0.2, 0.25) is 0 Å². The first kappa shape index (κ1) is 8.91. The second-order valence-corrected chi connectivity index (χ2v) is 3.48. The molecule has 1 fully saturated rings. The van der Waals surface area contributed by atoms with E-state index in [4.69, 9.17) is 0 Å². The van der Waals surface area contributed by atoms with Crippen molar-refractivity contribution in [1.82, 2.24) is 5.32 Å². The molecule has 1 unspecified atom stereocenters. The minimum absolute atomic E-state index is 0.554. The van der Waals surface area contributed by atoms with Crippen molar-refractivity contribution in [2.24, 2.45) is 5.92 Å². The van der Waals surface area contributed by atoms with Gasteiger partial charge in [0, 0.05) is 6.92 Å². The molecular formula is C8H15F2N. The molecule has 0 amide bonds. The van der Waals surface area contributed by atoms with Crippen molar-refractivity contribution >= 4 is 0 Å². The van der Waals surface area contributed by atoms with Gasteiger partial charge < -0.3 is 5.32 Å². The molecule has 1 aliphatic rings. The normalized spacial score (nSPS) is 21.8. The van der Waals surface area contributed by atoms with E-state index in [1.165, 1.54) is 0 Å². The Hall–Kier alpha value is -0.180. The average molecular weight is 163 g/mol. The third-order valence-electron chi connectivity index (χ3n) is 2.23. The number of alkyl halides is 2. The van der Waals surface area contributed by atoms with E-state index in [-0.39, 0.29) is 0 Å². The summed E-state index contributed by atoms with van der Waals surface area (Å²) in [4.78, 5) is 0. The standard InChI is InChI=1S/C8H15F2N/c1-8(9,10)7(11-2)5-6-3-4-6/h6-7,11H,3-5H2,1-2H3. The molecule has 0 heterocycles. The van der Waals surface area contributed by atoms with Crippen molar-refractivity contribution in [3.63, 3.8) is 0 Å². The van der Waals surface area contributed by atoms with Crippen LogP contribution in [0.25, 0.3) is 0 Å². The Balaban J connectivity index is 2.34. The molecule has 3 heteroatoms. The highest BCUT2D eigenvalue weighted by atomic mass is 19.3. The molecule has 1 nitrogen and oxygen atoms in total. The number of rotatable bonds is 4. The van der Waals surface area contributed by atoms with Gasteiger partial charge in [-0.15, -0.1) is 0 Å². The number of hydrogen-bond acceptors (Lipinski definition) is 1. The van der Waals surface area contributed by atoms with Crippen molar-refractivity contribution in [1.29, 1.82) is 0 Å². The highest BCUT2D eigenvalue weighted by molar-refractivity contribution is 4.85. The minimum atomic E-state index is -2.57. The first-order valence-electron chi connectivity index (χ1n) is 4.09. The number of halogens is 2. The second kappa shape index (κ2) is 3.05. The average Bonchev–Trinajstić information content (AvgIpc) is 2.62. The topological polar surface area (TPSA) is 12.0 Å². The van der Waals surface area contributed by atoms with Gasteiger partial charge in [0.25, 0.3) is 5.92 Å². The Morgan fingerprint density at radius 3 is 2.36 bits per heavy atom. The van der Waals surface area contributed by atoms with Crippen LogP contribution in [-0.2, 0) is 0 Å². The highest BCUT2D eigenvalue weighted by Crippen LogP contribution is 2.36. The van der Waals surface area contributed by atoms with Crippen LogP contribution in [-0.4, -0.2) is 19.0 Å². The molecular weight excluding hydrogens is 148 g/mol. The fraction of sp³-hybridized carbons (Fsp3) is 1.00. The van der Waals surface area contributed by atoms with Crippen LogP contribution in [0.4, 0.5) is 8.78 Å². The maximum Gasteiger partial charge on any atom is 0.260 e. The van der Waals surface area contributed by atoms with Crippen molar-refractivity contribution in [2.45, 2.75) is 38.2 Å². The molecule has 1 atom stereocenters. The zero-order chi connectivity index (χ0) is 8.48. The molecule has 0 saturated heterocycles. The molecule has 0 aromatic rings. The summed E-state index contributed by atoms with van der Waals surface area (Å²) in [5.41, 5.74) is 0. The van der Waals surface area contributed by atoms with Crippen LogP contribution in [0.1, 0.15) is 26.2 Å². The zero-order valence-corrected chi connectivity index (χ0v) is 7.03. The molecule has 1 aliphatic carbocycles. The maximum atomic E-state index is 12.7.